The van der Waals surface area contributed by atoms with Crippen molar-refractivity contribution in [2.75, 3.05) is 4.90 Å². The fourth-order valence-electron chi connectivity index (χ4n) is 8.48. The second kappa shape index (κ2) is 12.9. The molecule has 55 heavy (non-hydrogen) atoms. The Morgan fingerprint density at radius 3 is 1.87 bits per heavy atom. The molecular formula is C52H34N2S. The van der Waals surface area contributed by atoms with Crippen molar-refractivity contribution in [2.24, 2.45) is 0 Å². The van der Waals surface area contributed by atoms with Gasteiger partial charge in [0.2, 0.25) is 0 Å². The predicted molar refractivity (Wildman–Crippen MR) is 237 cm³/mol. The molecule has 0 aliphatic heterocycles. The zero-order valence-electron chi connectivity index (χ0n) is 29.9. The highest BCUT2D eigenvalue weighted by Gasteiger charge is 2.18. The van der Waals surface area contributed by atoms with E-state index in [2.05, 4.69) is 216 Å². The zero-order valence-corrected chi connectivity index (χ0v) is 30.7. The topological polar surface area (TPSA) is 8.17 Å². The van der Waals surface area contributed by atoms with E-state index in [9.17, 15) is 0 Å². The van der Waals surface area contributed by atoms with Gasteiger partial charge in [-0.05, 0) is 94.4 Å². The van der Waals surface area contributed by atoms with Crippen LogP contribution in [0.25, 0.3) is 80.7 Å². The maximum Gasteiger partial charge on any atom is 0.0541 e. The molecular weight excluding hydrogens is 685 g/mol. The molecule has 0 spiro atoms. The summed E-state index contributed by atoms with van der Waals surface area (Å²) in [5, 5.41) is 7.59. The van der Waals surface area contributed by atoms with E-state index in [-0.39, 0.29) is 0 Å². The minimum atomic E-state index is 1.11. The van der Waals surface area contributed by atoms with E-state index < -0.39 is 0 Å². The molecule has 11 aromatic rings. The van der Waals surface area contributed by atoms with E-state index in [1.54, 1.807) is 0 Å². The van der Waals surface area contributed by atoms with Crippen LogP contribution in [0.2, 0.25) is 0 Å². The van der Waals surface area contributed by atoms with Crippen molar-refractivity contribution in [3.05, 3.63) is 206 Å². The number of aromatic nitrogens is 1. The number of hydrogen-bond acceptors (Lipinski definition) is 2. The third-order valence-electron chi connectivity index (χ3n) is 11.0. The van der Waals surface area contributed by atoms with Crippen LogP contribution in [0.15, 0.2) is 206 Å². The average Bonchev–Trinajstić information content (AvgIpc) is 3.79. The Labute approximate surface area is 323 Å². The lowest BCUT2D eigenvalue weighted by Crippen LogP contribution is -2.10. The summed E-state index contributed by atoms with van der Waals surface area (Å²) in [7, 11) is 0. The van der Waals surface area contributed by atoms with Gasteiger partial charge in [0.1, 0.15) is 0 Å². The molecule has 0 aliphatic rings. The zero-order chi connectivity index (χ0) is 36.3. The molecule has 0 bridgehead atoms. The molecule has 11 rings (SSSR count). The maximum atomic E-state index is 2.43. The lowest BCUT2D eigenvalue weighted by Gasteiger charge is -2.27. The molecule has 2 heterocycles. The number of hydrogen-bond donors (Lipinski definition) is 0. The second-order valence-corrected chi connectivity index (χ2v) is 15.2. The number of nitrogens with zero attached hydrogens (tertiary/aromatic N) is 2. The summed E-state index contributed by atoms with van der Waals surface area (Å²) in [5.74, 6) is 0. The van der Waals surface area contributed by atoms with Crippen LogP contribution in [0.1, 0.15) is 0 Å². The Hall–Kier alpha value is -6.94. The second-order valence-electron chi connectivity index (χ2n) is 14.1. The molecule has 0 atom stereocenters. The van der Waals surface area contributed by atoms with E-state index >= 15 is 0 Å². The Kier molecular flexibility index (Phi) is 7.39. The molecule has 0 unspecified atom stereocenters. The van der Waals surface area contributed by atoms with Crippen molar-refractivity contribution in [1.82, 2.24) is 4.57 Å². The van der Waals surface area contributed by atoms with Crippen molar-refractivity contribution < 1.29 is 0 Å². The highest BCUT2D eigenvalue weighted by Crippen LogP contribution is 2.43. The van der Waals surface area contributed by atoms with Gasteiger partial charge in [0.05, 0.1) is 16.7 Å². The highest BCUT2D eigenvalue weighted by molar-refractivity contribution is 7.25. The normalized spacial score (nSPS) is 11.6. The number of rotatable bonds is 6. The highest BCUT2D eigenvalue weighted by atomic mass is 32.1. The van der Waals surface area contributed by atoms with Gasteiger partial charge in [-0.2, -0.15) is 0 Å². The number of benzene rings is 9. The SMILES string of the molecule is c1ccc(N(c2cccc(-c3ccccc3-c3ccc4c(c3)c3ccccc3n4-c3ccc4c(c3)sc3ccccc34)c2)c2cccc3ccccc23)cc1. The summed E-state index contributed by atoms with van der Waals surface area (Å²) >= 11 is 1.87. The smallest absolute Gasteiger partial charge is 0.0541 e. The number of anilines is 3. The quantitative estimate of drug-likeness (QED) is 0.166. The number of fused-ring (bicyclic) bond motifs is 7. The lowest BCUT2D eigenvalue weighted by molar-refractivity contribution is 1.19. The van der Waals surface area contributed by atoms with Crippen molar-refractivity contribution in [3.8, 4) is 27.9 Å². The van der Waals surface area contributed by atoms with Gasteiger partial charge < -0.3 is 9.47 Å². The Bertz CT molecular complexity index is 3220. The molecule has 0 saturated heterocycles. The first-order valence-electron chi connectivity index (χ1n) is 18.8. The Balaban J connectivity index is 1.05. The molecule has 2 aromatic heterocycles. The van der Waals surface area contributed by atoms with Crippen molar-refractivity contribution in [1.29, 1.82) is 0 Å². The van der Waals surface area contributed by atoms with E-state index in [1.165, 1.54) is 80.7 Å². The molecule has 9 aromatic carbocycles. The summed E-state index contributed by atoms with van der Waals surface area (Å²) in [5.41, 5.74) is 11.8. The van der Waals surface area contributed by atoms with E-state index in [4.69, 9.17) is 0 Å². The molecule has 0 aliphatic carbocycles. The van der Waals surface area contributed by atoms with E-state index in [0.29, 0.717) is 0 Å². The fourth-order valence-corrected chi connectivity index (χ4v) is 9.62. The van der Waals surface area contributed by atoms with Crippen LogP contribution >= 0.6 is 11.3 Å². The van der Waals surface area contributed by atoms with Gasteiger partial charge in [-0.25, -0.2) is 0 Å². The predicted octanol–water partition coefficient (Wildman–Crippen LogP) is 15.1. The van der Waals surface area contributed by atoms with Crippen molar-refractivity contribution in [2.45, 2.75) is 0 Å². The summed E-state index contributed by atoms with van der Waals surface area (Å²) in [6.07, 6.45) is 0. The van der Waals surface area contributed by atoms with Gasteiger partial charge in [0.25, 0.3) is 0 Å². The summed E-state index contributed by atoms with van der Waals surface area (Å²) < 4.78 is 5.06. The number of thiophene rings is 1. The van der Waals surface area contributed by atoms with Crippen LogP contribution in [0.3, 0.4) is 0 Å². The lowest BCUT2D eigenvalue weighted by atomic mass is 9.93. The third kappa shape index (κ3) is 5.24. The fraction of sp³-hybridized carbons (Fsp3) is 0. The van der Waals surface area contributed by atoms with Gasteiger partial charge in [0, 0.05) is 53.4 Å². The molecule has 0 radical (unpaired) electrons. The molecule has 0 fully saturated rings. The van der Waals surface area contributed by atoms with Crippen LogP contribution < -0.4 is 4.90 Å². The van der Waals surface area contributed by atoms with Crippen LogP contribution in [0.5, 0.6) is 0 Å². The van der Waals surface area contributed by atoms with Crippen LogP contribution in [-0.2, 0) is 0 Å². The standard InChI is InChI=1S/C52H34N2S/c1-2-17-38(18-3-1)53(48-26-13-15-35-14-4-5-22-43(35)48)39-19-12-16-36(32-39)41-20-6-7-21-42(41)37-28-31-50-47(33-37)44-23-8-10-25-49(44)54(50)40-29-30-46-45-24-9-11-27-51(45)55-52(46)34-40/h1-34H. The van der Waals surface area contributed by atoms with E-state index in [0.717, 1.165) is 17.1 Å². The van der Waals surface area contributed by atoms with Crippen molar-refractivity contribution in [3.63, 3.8) is 0 Å². The first kappa shape index (κ1) is 31.6. The summed E-state index contributed by atoms with van der Waals surface area (Å²) in [6, 6.07) is 75.2. The van der Waals surface area contributed by atoms with Crippen LogP contribution in [0, 0.1) is 0 Å². The molecule has 0 amide bonds. The summed E-state index contributed by atoms with van der Waals surface area (Å²) in [6.45, 7) is 0. The van der Waals surface area contributed by atoms with Gasteiger partial charge in [-0.15, -0.1) is 11.3 Å². The Morgan fingerprint density at radius 2 is 1.00 bits per heavy atom. The number of para-hydroxylation sites is 2. The van der Waals surface area contributed by atoms with Gasteiger partial charge >= 0.3 is 0 Å². The molecule has 0 saturated carbocycles. The monoisotopic (exact) mass is 718 g/mol. The van der Waals surface area contributed by atoms with Gasteiger partial charge in [-0.3, -0.25) is 0 Å². The first-order chi connectivity index (χ1) is 27.3. The van der Waals surface area contributed by atoms with Gasteiger partial charge in [-0.1, -0.05) is 140 Å². The molecule has 3 heteroatoms. The van der Waals surface area contributed by atoms with Crippen LogP contribution in [-0.4, -0.2) is 4.57 Å². The first-order valence-corrected chi connectivity index (χ1v) is 19.6. The van der Waals surface area contributed by atoms with Gasteiger partial charge in [0.15, 0.2) is 0 Å². The molecule has 258 valence electrons. The third-order valence-corrected chi connectivity index (χ3v) is 12.1. The van der Waals surface area contributed by atoms with Crippen molar-refractivity contribution >= 4 is 81.1 Å². The molecule has 0 N–H and O–H groups in total. The minimum absolute atomic E-state index is 1.11. The van der Waals surface area contributed by atoms with Crippen LogP contribution in [0.4, 0.5) is 17.1 Å². The minimum Gasteiger partial charge on any atom is -0.310 e. The Morgan fingerprint density at radius 1 is 0.364 bits per heavy atom. The largest absolute Gasteiger partial charge is 0.310 e. The van der Waals surface area contributed by atoms with E-state index in [1.807, 2.05) is 11.3 Å². The maximum absolute atomic E-state index is 2.43. The molecule has 2 nitrogen and oxygen atoms in total. The summed E-state index contributed by atoms with van der Waals surface area (Å²) in [4.78, 5) is 2.38. The average molecular weight is 719 g/mol.